The Morgan fingerprint density at radius 1 is 1.33 bits per heavy atom. The van der Waals surface area contributed by atoms with Crippen molar-refractivity contribution in [1.29, 1.82) is 0 Å². The van der Waals surface area contributed by atoms with Gasteiger partial charge in [-0.25, -0.2) is 9.59 Å². The van der Waals surface area contributed by atoms with Gasteiger partial charge in [0.15, 0.2) is 11.5 Å². The maximum Gasteiger partial charge on any atom is 0.338 e. The Morgan fingerprint density at radius 3 is 2.74 bits per heavy atom. The van der Waals surface area contributed by atoms with Crippen molar-refractivity contribution in [3.63, 3.8) is 0 Å². The first-order valence-electron chi connectivity index (χ1n) is 9.10. The maximum absolute atomic E-state index is 12.5. The van der Waals surface area contributed by atoms with E-state index in [-0.39, 0.29) is 11.8 Å². The maximum atomic E-state index is 12.5. The molecule has 0 saturated carbocycles. The molecule has 27 heavy (non-hydrogen) atoms. The fourth-order valence-electron chi connectivity index (χ4n) is 3.49. The summed E-state index contributed by atoms with van der Waals surface area (Å²) in [7, 11) is 1.32. The number of esters is 1. The minimum atomic E-state index is -0.691. The summed E-state index contributed by atoms with van der Waals surface area (Å²) < 4.78 is 10.4. The number of phenolic OH excluding ortho intramolecular Hbond substituents is 1. The molecule has 0 aliphatic carbocycles. The topological polar surface area (TPSA) is 100 Å². The molecule has 0 radical (unpaired) electrons. The number of amides is 2. The van der Waals surface area contributed by atoms with Crippen LogP contribution in [0.1, 0.15) is 31.4 Å². The van der Waals surface area contributed by atoms with E-state index in [9.17, 15) is 14.7 Å². The van der Waals surface area contributed by atoms with E-state index in [1.54, 1.807) is 12.1 Å². The number of hydrogen-bond acceptors (Lipinski definition) is 6. The average Bonchev–Trinajstić information content (AvgIpc) is 3.15. The molecule has 0 aromatic heterocycles. The molecule has 0 unspecified atom stereocenters. The third-order valence-corrected chi connectivity index (χ3v) is 4.76. The van der Waals surface area contributed by atoms with Crippen molar-refractivity contribution in [1.82, 2.24) is 15.5 Å². The lowest BCUT2D eigenvalue weighted by molar-refractivity contribution is -0.136. The van der Waals surface area contributed by atoms with Crippen molar-refractivity contribution in [3.05, 3.63) is 35.0 Å². The number of hydrogen-bond donors (Lipinski definition) is 3. The lowest BCUT2D eigenvalue weighted by atomic mass is 9.94. The van der Waals surface area contributed by atoms with E-state index >= 15 is 0 Å². The van der Waals surface area contributed by atoms with Crippen molar-refractivity contribution in [3.8, 4) is 11.5 Å². The summed E-state index contributed by atoms with van der Waals surface area (Å²) in [6, 6.07) is 3.70. The highest BCUT2D eigenvalue weighted by atomic mass is 16.5. The summed E-state index contributed by atoms with van der Waals surface area (Å²) in [6.07, 6.45) is 2.21. The van der Waals surface area contributed by atoms with Crippen LogP contribution in [0, 0.1) is 0 Å². The summed E-state index contributed by atoms with van der Waals surface area (Å²) in [5.41, 5.74) is 1.53. The zero-order valence-corrected chi connectivity index (χ0v) is 15.6. The van der Waals surface area contributed by atoms with Crippen molar-refractivity contribution >= 4 is 12.0 Å². The third kappa shape index (κ3) is 4.16. The van der Waals surface area contributed by atoms with Gasteiger partial charge >= 0.3 is 12.0 Å². The van der Waals surface area contributed by atoms with E-state index in [0.717, 1.165) is 25.9 Å². The summed E-state index contributed by atoms with van der Waals surface area (Å²) in [6.45, 7) is 4.53. The smallest absolute Gasteiger partial charge is 0.338 e. The fraction of sp³-hybridized carbons (Fsp3) is 0.474. The molecule has 0 spiro atoms. The SMILES string of the molecule is CCOc1cc([C@@H]2NC(=O)NC(CN3CCCC3)=C2C(=O)OC)ccc1O. The van der Waals surface area contributed by atoms with Gasteiger partial charge < -0.3 is 25.2 Å². The van der Waals surface area contributed by atoms with Crippen LogP contribution in [0.5, 0.6) is 11.5 Å². The number of nitrogens with zero attached hydrogens (tertiary/aromatic N) is 1. The van der Waals surface area contributed by atoms with Gasteiger partial charge in [0.2, 0.25) is 0 Å². The van der Waals surface area contributed by atoms with Crippen molar-refractivity contribution in [2.75, 3.05) is 33.4 Å². The van der Waals surface area contributed by atoms with Gasteiger partial charge in [0.1, 0.15) is 0 Å². The van der Waals surface area contributed by atoms with Crippen LogP contribution in [0.25, 0.3) is 0 Å². The minimum absolute atomic E-state index is 0.00162. The van der Waals surface area contributed by atoms with Crippen LogP contribution < -0.4 is 15.4 Å². The predicted molar refractivity (Wildman–Crippen MR) is 98.4 cm³/mol. The van der Waals surface area contributed by atoms with Gasteiger partial charge in [0.05, 0.1) is 25.3 Å². The molecule has 3 rings (SSSR count). The second-order valence-electron chi connectivity index (χ2n) is 6.56. The van der Waals surface area contributed by atoms with Crippen LogP contribution in [-0.2, 0) is 9.53 Å². The van der Waals surface area contributed by atoms with Crippen LogP contribution in [0.15, 0.2) is 29.5 Å². The van der Waals surface area contributed by atoms with Crippen LogP contribution in [0.3, 0.4) is 0 Å². The van der Waals surface area contributed by atoms with E-state index in [4.69, 9.17) is 9.47 Å². The molecule has 1 aromatic carbocycles. The number of carbonyl (C=O) groups is 2. The molecule has 146 valence electrons. The summed E-state index contributed by atoms with van der Waals surface area (Å²) in [5.74, 6) is -0.206. The third-order valence-electron chi connectivity index (χ3n) is 4.76. The molecule has 0 bridgehead atoms. The highest BCUT2D eigenvalue weighted by molar-refractivity contribution is 5.95. The number of aromatic hydroxyl groups is 1. The molecule has 2 aliphatic heterocycles. The molecule has 2 amide bonds. The van der Waals surface area contributed by atoms with Crippen molar-refractivity contribution < 1.29 is 24.2 Å². The molecule has 8 heteroatoms. The van der Waals surface area contributed by atoms with Crippen LogP contribution >= 0.6 is 0 Å². The molecule has 1 saturated heterocycles. The Labute approximate surface area is 158 Å². The van der Waals surface area contributed by atoms with E-state index in [1.807, 2.05) is 6.92 Å². The quantitative estimate of drug-likeness (QED) is 0.654. The van der Waals surface area contributed by atoms with Gasteiger partial charge in [0, 0.05) is 12.2 Å². The second-order valence-corrected chi connectivity index (χ2v) is 6.56. The van der Waals surface area contributed by atoms with E-state index in [1.165, 1.54) is 13.2 Å². The van der Waals surface area contributed by atoms with Gasteiger partial charge in [-0.2, -0.15) is 0 Å². The standard InChI is InChI=1S/C19H25N3O5/c1-3-27-15-10-12(6-7-14(15)23)17-16(18(24)26-2)13(20-19(25)21-17)11-22-8-4-5-9-22/h6-7,10,17,23H,3-5,8-9,11H2,1-2H3,(H2,20,21,25)/t17-/m0/s1. The van der Waals surface area contributed by atoms with Crippen molar-refractivity contribution in [2.45, 2.75) is 25.8 Å². The largest absolute Gasteiger partial charge is 0.504 e. The first kappa shape index (κ1) is 19.0. The molecule has 1 atom stereocenters. The first-order chi connectivity index (χ1) is 13.0. The molecular weight excluding hydrogens is 350 g/mol. The molecule has 2 heterocycles. The molecule has 8 nitrogen and oxygen atoms in total. The number of phenols is 1. The first-order valence-corrected chi connectivity index (χ1v) is 9.10. The zero-order chi connectivity index (χ0) is 19.4. The molecular formula is C19H25N3O5. The molecule has 1 aromatic rings. The van der Waals surface area contributed by atoms with E-state index < -0.39 is 12.0 Å². The lowest BCUT2D eigenvalue weighted by Gasteiger charge is -2.31. The van der Waals surface area contributed by atoms with Gasteiger partial charge in [0.25, 0.3) is 0 Å². The molecule has 1 fully saturated rings. The van der Waals surface area contributed by atoms with Crippen LogP contribution in [0.4, 0.5) is 4.79 Å². The number of urea groups is 1. The minimum Gasteiger partial charge on any atom is -0.504 e. The van der Waals surface area contributed by atoms with Crippen LogP contribution in [-0.4, -0.2) is 55.4 Å². The van der Waals surface area contributed by atoms with Crippen LogP contribution in [0.2, 0.25) is 0 Å². The number of likely N-dealkylation sites (tertiary alicyclic amines) is 1. The Morgan fingerprint density at radius 2 is 2.07 bits per heavy atom. The van der Waals surface area contributed by atoms with Gasteiger partial charge in [-0.3, -0.25) is 4.90 Å². The molecule has 3 N–H and O–H groups in total. The summed E-state index contributed by atoms with van der Waals surface area (Å²) in [4.78, 5) is 27.0. The van der Waals surface area contributed by atoms with E-state index in [0.29, 0.717) is 35.7 Å². The zero-order valence-electron chi connectivity index (χ0n) is 15.6. The normalized spacial score (nSPS) is 20.2. The Balaban J connectivity index is 2.01. The van der Waals surface area contributed by atoms with E-state index in [2.05, 4.69) is 15.5 Å². The highest BCUT2D eigenvalue weighted by Gasteiger charge is 2.34. The predicted octanol–water partition coefficient (Wildman–Crippen LogP) is 1.67. The fourth-order valence-corrected chi connectivity index (χ4v) is 3.49. The van der Waals surface area contributed by atoms with Gasteiger partial charge in [-0.15, -0.1) is 0 Å². The lowest BCUT2D eigenvalue weighted by Crippen LogP contribution is -2.48. The Bertz CT molecular complexity index is 756. The highest BCUT2D eigenvalue weighted by Crippen LogP contribution is 2.34. The number of nitrogens with one attached hydrogen (secondary N) is 2. The second kappa shape index (κ2) is 8.30. The Hall–Kier alpha value is -2.74. The molecule has 2 aliphatic rings. The monoisotopic (exact) mass is 375 g/mol. The number of carbonyl (C=O) groups excluding carboxylic acids is 2. The number of benzene rings is 1. The summed E-state index contributed by atoms with van der Waals surface area (Å²) in [5, 5.41) is 15.5. The summed E-state index contributed by atoms with van der Waals surface area (Å²) >= 11 is 0. The van der Waals surface area contributed by atoms with Gasteiger partial charge in [-0.1, -0.05) is 6.07 Å². The Kier molecular flexibility index (Phi) is 5.85. The number of ether oxygens (including phenoxy) is 2. The van der Waals surface area contributed by atoms with Gasteiger partial charge in [-0.05, 0) is 50.6 Å². The number of methoxy groups -OCH3 is 1. The van der Waals surface area contributed by atoms with Crippen molar-refractivity contribution in [2.24, 2.45) is 0 Å². The number of rotatable bonds is 6. The average molecular weight is 375 g/mol.